The second-order valence-corrected chi connectivity index (χ2v) is 6.17. The van der Waals surface area contributed by atoms with E-state index in [1.807, 2.05) is 19.2 Å². The van der Waals surface area contributed by atoms with Crippen molar-refractivity contribution in [2.24, 2.45) is 5.73 Å². The van der Waals surface area contributed by atoms with E-state index in [-0.39, 0.29) is 11.9 Å². The molecule has 1 aliphatic heterocycles. The van der Waals surface area contributed by atoms with Crippen LogP contribution in [-0.4, -0.2) is 61.6 Å². The highest BCUT2D eigenvalue weighted by atomic mass is 35.5. The molecule has 0 saturated carbocycles. The van der Waals surface area contributed by atoms with Crippen molar-refractivity contribution in [2.75, 3.05) is 39.8 Å². The van der Waals surface area contributed by atoms with Crippen LogP contribution in [0.3, 0.4) is 0 Å². The Morgan fingerprint density at radius 3 is 2.64 bits per heavy atom. The number of amides is 1. The van der Waals surface area contributed by atoms with E-state index in [0.717, 1.165) is 31.7 Å². The van der Waals surface area contributed by atoms with Gasteiger partial charge in [-0.25, -0.2) is 0 Å². The summed E-state index contributed by atoms with van der Waals surface area (Å²) in [4.78, 5) is 16.0. The standard InChI is InChI=1S/C16H24ClN3O2/c1-19(10-11-22-15-4-2-13(17)3-5-15)16(21)12-20-8-6-14(18)7-9-20/h2-5,14H,6-12,18H2,1H3. The van der Waals surface area contributed by atoms with Gasteiger partial charge in [-0.15, -0.1) is 0 Å². The van der Waals surface area contributed by atoms with E-state index in [0.29, 0.717) is 24.7 Å². The lowest BCUT2D eigenvalue weighted by Crippen LogP contribution is -2.45. The average molecular weight is 326 g/mol. The third-order valence-electron chi connectivity index (χ3n) is 3.93. The maximum absolute atomic E-state index is 12.2. The fourth-order valence-corrected chi connectivity index (χ4v) is 2.50. The van der Waals surface area contributed by atoms with Gasteiger partial charge < -0.3 is 15.4 Å². The maximum atomic E-state index is 12.2. The van der Waals surface area contributed by atoms with E-state index in [2.05, 4.69) is 4.90 Å². The second-order valence-electron chi connectivity index (χ2n) is 5.73. The number of carbonyl (C=O) groups is 1. The van der Waals surface area contributed by atoms with Crippen LogP contribution in [0.4, 0.5) is 0 Å². The van der Waals surface area contributed by atoms with E-state index in [4.69, 9.17) is 22.1 Å². The topological polar surface area (TPSA) is 58.8 Å². The molecule has 1 fully saturated rings. The SMILES string of the molecule is CN(CCOc1ccc(Cl)cc1)C(=O)CN1CCC(N)CC1. The van der Waals surface area contributed by atoms with Crippen LogP contribution in [0.25, 0.3) is 0 Å². The Balaban J connectivity index is 1.66. The van der Waals surface area contributed by atoms with Crippen LogP contribution >= 0.6 is 11.6 Å². The predicted octanol–water partition coefficient (Wildman–Crippen LogP) is 1.60. The van der Waals surface area contributed by atoms with Crippen molar-refractivity contribution >= 4 is 17.5 Å². The Morgan fingerprint density at radius 2 is 2.00 bits per heavy atom. The normalized spacial score (nSPS) is 16.5. The third-order valence-corrected chi connectivity index (χ3v) is 4.18. The fourth-order valence-electron chi connectivity index (χ4n) is 2.38. The molecule has 2 rings (SSSR count). The first-order valence-corrected chi connectivity index (χ1v) is 8.02. The van der Waals surface area contributed by atoms with Crippen LogP contribution in [0.15, 0.2) is 24.3 Å². The predicted molar refractivity (Wildman–Crippen MR) is 88.2 cm³/mol. The van der Waals surface area contributed by atoms with E-state index in [1.165, 1.54) is 0 Å². The molecule has 6 heteroatoms. The molecule has 1 aromatic rings. The smallest absolute Gasteiger partial charge is 0.236 e. The molecule has 0 atom stereocenters. The van der Waals surface area contributed by atoms with Gasteiger partial charge in [0.1, 0.15) is 12.4 Å². The Hall–Kier alpha value is -1.30. The van der Waals surface area contributed by atoms with Gasteiger partial charge in [0, 0.05) is 31.2 Å². The molecule has 1 saturated heterocycles. The molecule has 0 unspecified atom stereocenters. The largest absolute Gasteiger partial charge is 0.492 e. The Kier molecular flexibility index (Phi) is 6.49. The molecule has 0 spiro atoms. The second kappa shape index (κ2) is 8.36. The van der Waals surface area contributed by atoms with Gasteiger partial charge in [-0.1, -0.05) is 11.6 Å². The summed E-state index contributed by atoms with van der Waals surface area (Å²) in [5.74, 6) is 0.880. The monoisotopic (exact) mass is 325 g/mol. The quantitative estimate of drug-likeness (QED) is 0.863. The molecular weight excluding hydrogens is 302 g/mol. The molecule has 1 aromatic carbocycles. The number of hydrogen-bond acceptors (Lipinski definition) is 4. The zero-order valence-corrected chi connectivity index (χ0v) is 13.8. The number of likely N-dealkylation sites (tertiary alicyclic amines) is 1. The van der Waals surface area contributed by atoms with Gasteiger partial charge in [0.05, 0.1) is 13.1 Å². The molecule has 1 heterocycles. The number of rotatable bonds is 6. The molecule has 0 radical (unpaired) electrons. The van der Waals surface area contributed by atoms with Crippen molar-refractivity contribution in [1.82, 2.24) is 9.80 Å². The van der Waals surface area contributed by atoms with Gasteiger partial charge >= 0.3 is 0 Å². The highest BCUT2D eigenvalue weighted by Gasteiger charge is 2.19. The molecule has 2 N–H and O–H groups in total. The van der Waals surface area contributed by atoms with Crippen molar-refractivity contribution in [1.29, 1.82) is 0 Å². The number of piperidine rings is 1. The Labute approximate surface area is 137 Å². The van der Waals surface area contributed by atoms with E-state index < -0.39 is 0 Å². The summed E-state index contributed by atoms with van der Waals surface area (Å²) in [6, 6.07) is 7.50. The number of benzene rings is 1. The van der Waals surface area contributed by atoms with Crippen molar-refractivity contribution in [3.8, 4) is 5.75 Å². The Morgan fingerprint density at radius 1 is 1.36 bits per heavy atom. The number of halogens is 1. The first-order chi connectivity index (χ1) is 10.5. The van der Waals surface area contributed by atoms with Crippen LogP contribution < -0.4 is 10.5 Å². The minimum atomic E-state index is 0.121. The molecule has 22 heavy (non-hydrogen) atoms. The van der Waals surface area contributed by atoms with Crippen LogP contribution in [0.1, 0.15) is 12.8 Å². The number of hydrogen-bond donors (Lipinski definition) is 1. The molecule has 1 aliphatic rings. The molecule has 5 nitrogen and oxygen atoms in total. The number of likely N-dealkylation sites (N-methyl/N-ethyl adjacent to an activating group) is 1. The number of ether oxygens (including phenoxy) is 1. The average Bonchev–Trinajstić information content (AvgIpc) is 2.51. The van der Waals surface area contributed by atoms with E-state index >= 15 is 0 Å². The van der Waals surface area contributed by atoms with Crippen LogP contribution in [0.5, 0.6) is 5.75 Å². The summed E-state index contributed by atoms with van der Waals surface area (Å²) in [5, 5.41) is 0.681. The van der Waals surface area contributed by atoms with Crippen LogP contribution in [-0.2, 0) is 4.79 Å². The first kappa shape index (κ1) is 17.1. The Bertz CT molecular complexity index is 473. The maximum Gasteiger partial charge on any atom is 0.236 e. The number of nitrogens with two attached hydrogens (primary N) is 1. The lowest BCUT2D eigenvalue weighted by atomic mass is 10.1. The van der Waals surface area contributed by atoms with Crippen LogP contribution in [0.2, 0.25) is 5.02 Å². The van der Waals surface area contributed by atoms with Crippen LogP contribution in [0, 0.1) is 0 Å². The van der Waals surface area contributed by atoms with E-state index in [9.17, 15) is 4.79 Å². The van der Waals surface area contributed by atoms with Gasteiger partial charge in [0.15, 0.2) is 0 Å². The molecule has 1 amide bonds. The highest BCUT2D eigenvalue weighted by Crippen LogP contribution is 2.15. The van der Waals surface area contributed by atoms with Crippen molar-refractivity contribution in [3.05, 3.63) is 29.3 Å². The summed E-state index contributed by atoms with van der Waals surface area (Å²) in [6.07, 6.45) is 1.94. The molecule has 0 aromatic heterocycles. The lowest BCUT2D eigenvalue weighted by molar-refractivity contribution is -0.131. The summed E-state index contributed by atoms with van der Waals surface area (Å²) in [6.45, 7) is 3.30. The molecule has 0 aliphatic carbocycles. The highest BCUT2D eigenvalue weighted by molar-refractivity contribution is 6.30. The third kappa shape index (κ3) is 5.48. The molecule has 122 valence electrons. The minimum Gasteiger partial charge on any atom is -0.492 e. The number of nitrogens with zero attached hydrogens (tertiary/aromatic N) is 2. The minimum absolute atomic E-state index is 0.121. The number of carbonyl (C=O) groups excluding carboxylic acids is 1. The molecule has 0 bridgehead atoms. The first-order valence-electron chi connectivity index (χ1n) is 7.65. The van der Waals surface area contributed by atoms with Gasteiger partial charge in [-0.2, -0.15) is 0 Å². The lowest BCUT2D eigenvalue weighted by Gasteiger charge is -2.30. The van der Waals surface area contributed by atoms with Crippen molar-refractivity contribution in [2.45, 2.75) is 18.9 Å². The summed E-state index contributed by atoms with van der Waals surface area (Å²) in [7, 11) is 1.81. The summed E-state index contributed by atoms with van der Waals surface area (Å²) >= 11 is 5.82. The summed E-state index contributed by atoms with van der Waals surface area (Å²) in [5.41, 5.74) is 5.87. The zero-order chi connectivity index (χ0) is 15.9. The van der Waals surface area contributed by atoms with Gasteiger partial charge in [-0.3, -0.25) is 9.69 Å². The summed E-state index contributed by atoms with van der Waals surface area (Å²) < 4.78 is 5.60. The van der Waals surface area contributed by atoms with E-state index in [1.54, 1.807) is 17.0 Å². The van der Waals surface area contributed by atoms with Gasteiger partial charge in [-0.05, 0) is 37.1 Å². The fraction of sp³-hybridized carbons (Fsp3) is 0.562. The molecular formula is C16H24ClN3O2. The van der Waals surface area contributed by atoms with Gasteiger partial charge in [0.25, 0.3) is 0 Å². The zero-order valence-electron chi connectivity index (χ0n) is 13.0. The van der Waals surface area contributed by atoms with Gasteiger partial charge in [0.2, 0.25) is 5.91 Å². The van der Waals surface area contributed by atoms with Crippen molar-refractivity contribution in [3.63, 3.8) is 0 Å². The van der Waals surface area contributed by atoms with Crippen molar-refractivity contribution < 1.29 is 9.53 Å².